The number of likely N-dealkylation sites (tertiary alicyclic amines) is 1. The van der Waals surface area contributed by atoms with E-state index in [9.17, 15) is 0 Å². The maximum Gasteiger partial charge on any atom is 0.0166 e. The molecule has 0 bridgehead atoms. The fraction of sp³-hybridized carbons (Fsp3) is 0.867. The molecule has 2 unspecified atom stereocenters. The second-order valence-corrected chi connectivity index (χ2v) is 5.77. The van der Waals surface area contributed by atoms with E-state index in [1.807, 2.05) is 0 Å². The fourth-order valence-corrected chi connectivity index (χ4v) is 3.04. The summed E-state index contributed by atoms with van der Waals surface area (Å²) >= 11 is 0. The van der Waals surface area contributed by atoms with E-state index in [1.54, 1.807) is 0 Å². The lowest BCUT2D eigenvalue weighted by Crippen LogP contribution is -2.41. The Morgan fingerprint density at radius 2 is 2.12 bits per heavy atom. The van der Waals surface area contributed by atoms with E-state index in [0.717, 1.165) is 5.92 Å². The molecule has 2 nitrogen and oxygen atoms in total. The summed E-state index contributed by atoms with van der Waals surface area (Å²) in [5.74, 6) is 0.852. The van der Waals surface area contributed by atoms with Gasteiger partial charge >= 0.3 is 0 Å². The molecule has 1 N–H and O–H groups in total. The summed E-state index contributed by atoms with van der Waals surface area (Å²) in [7, 11) is 0. The van der Waals surface area contributed by atoms with Crippen molar-refractivity contribution in [1.29, 1.82) is 0 Å². The summed E-state index contributed by atoms with van der Waals surface area (Å²) in [6.45, 7) is 7.39. The van der Waals surface area contributed by atoms with E-state index < -0.39 is 0 Å². The van der Waals surface area contributed by atoms with Crippen LogP contribution in [0.3, 0.4) is 0 Å². The summed E-state index contributed by atoms with van der Waals surface area (Å²) in [5, 5.41) is 3.68. The minimum atomic E-state index is 0.651. The van der Waals surface area contributed by atoms with Crippen molar-refractivity contribution in [2.75, 3.05) is 26.2 Å². The molecule has 2 rings (SSSR count). The van der Waals surface area contributed by atoms with Crippen LogP contribution in [0.5, 0.6) is 0 Å². The van der Waals surface area contributed by atoms with Crippen LogP contribution in [-0.2, 0) is 0 Å². The van der Waals surface area contributed by atoms with Crippen molar-refractivity contribution in [2.24, 2.45) is 5.92 Å². The van der Waals surface area contributed by atoms with Gasteiger partial charge in [0.2, 0.25) is 0 Å². The Bertz CT molecular complexity index is 231. The molecule has 2 atom stereocenters. The van der Waals surface area contributed by atoms with E-state index in [2.05, 4.69) is 29.3 Å². The van der Waals surface area contributed by atoms with Gasteiger partial charge in [0.1, 0.15) is 0 Å². The van der Waals surface area contributed by atoms with Gasteiger partial charge in [0.25, 0.3) is 0 Å². The number of hydrogen-bond donors (Lipinski definition) is 1. The first-order valence-electron chi connectivity index (χ1n) is 7.47. The van der Waals surface area contributed by atoms with Crippen LogP contribution in [0.15, 0.2) is 12.2 Å². The quantitative estimate of drug-likeness (QED) is 0.713. The summed E-state index contributed by atoms with van der Waals surface area (Å²) < 4.78 is 0. The van der Waals surface area contributed by atoms with E-state index in [-0.39, 0.29) is 0 Å². The fourth-order valence-electron chi connectivity index (χ4n) is 3.04. The zero-order chi connectivity index (χ0) is 11.9. The predicted molar refractivity (Wildman–Crippen MR) is 74.2 cm³/mol. The van der Waals surface area contributed by atoms with E-state index >= 15 is 0 Å². The number of piperidine rings is 1. The van der Waals surface area contributed by atoms with Crippen LogP contribution in [0.2, 0.25) is 0 Å². The van der Waals surface area contributed by atoms with Crippen molar-refractivity contribution in [3.8, 4) is 0 Å². The number of rotatable bonds is 6. The van der Waals surface area contributed by atoms with Gasteiger partial charge in [0.05, 0.1) is 0 Å². The summed E-state index contributed by atoms with van der Waals surface area (Å²) in [6, 6.07) is 0.651. The van der Waals surface area contributed by atoms with Gasteiger partial charge in [-0.2, -0.15) is 0 Å². The number of hydrogen-bond acceptors (Lipinski definition) is 2. The molecule has 17 heavy (non-hydrogen) atoms. The highest BCUT2D eigenvalue weighted by atomic mass is 15.1. The average molecular weight is 236 g/mol. The molecule has 2 heteroatoms. The highest BCUT2D eigenvalue weighted by molar-refractivity contribution is 4.96. The van der Waals surface area contributed by atoms with Crippen molar-refractivity contribution in [3.05, 3.63) is 12.2 Å². The van der Waals surface area contributed by atoms with Crippen LogP contribution in [0.4, 0.5) is 0 Å². The molecule has 1 aliphatic heterocycles. The number of nitrogens with zero attached hydrogens (tertiary/aromatic N) is 1. The largest absolute Gasteiger partial charge is 0.313 e. The maximum absolute atomic E-state index is 3.68. The molecule has 0 aromatic heterocycles. The molecule has 0 spiro atoms. The molecular formula is C15H28N2. The van der Waals surface area contributed by atoms with Crippen molar-refractivity contribution in [2.45, 2.75) is 51.5 Å². The lowest BCUT2D eigenvalue weighted by molar-refractivity contribution is 0.208. The van der Waals surface area contributed by atoms with E-state index in [4.69, 9.17) is 0 Å². The standard InChI is InChI=1S/C15H28N2/c1-14(13-17-11-5-2-6-12-17)16-10-9-15-7-3-4-8-15/h3,7,14-16H,2,4-6,8-13H2,1H3. The van der Waals surface area contributed by atoms with Crippen LogP contribution >= 0.6 is 0 Å². The Morgan fingerprint density at radius 1 is 1.29 bits per heavy atom. The SMILES string of the molecule is CC(CN1CCCCC1)NCCC1C=CCC1. The van der Waals surface area contributed by atoms with Crippen LogP contribution < -0.4 is 5.32 Å². The Labute approximate surface area is 106 Å². The van der Waals surface area contributed by atoms with Gasteiger partial charge in [-0.25, -0.2) is 0 Å². The zero-order valence-electron chi connectivity index (χ0n) is 11.3. The monoisotopic (exact) mass is 236 g/mol. The van der Waals surface area contributed by atoms with Gasteiger partial charge in [-0.15, -0.1) is 0 Å². The maximum atomic E-state index is 3.68. The summed E-state index contributed by atoms with van der Waals surface area (Å²) in [5.41, 5.74) is 0. The zero-order valence-corrected chi connectivity index (χ0v) is 11.3. The van der Waals surface area contributed by atoms with Gasteiger partial charge in [-0.05, 0) is 64.6 Å². The van der Waals surface area contributed by atoms with Gasteiger partial charge in [-0.1, -0.05) is 18.6 Å². The van der Waals surface area contributed by atoms with E-state index in [0.29, 0.717) is 6.04 Å². The molecular weight excluding hydrogens is 208 g/mol. The van der Waals surface area contributed by atoms with E-state index in [1.165, 1.54) is 64.7 Å². The second kappa shape index (κ2) is 7.17. The highest BCUT2D eigenvalue weighted by Crippen LogP contribution is 2.19. The summed E-state index contributed by atoms with van der Waals surface area (Å²) in [4.78, 5) is 2.62. The Balaban J connectivity index is 1.53. The van der Waals surface area contributed by atoms with Crippen LogP contribution in [0, 0.1) is 5.92 Å². The first kappa shape index (κ1) is 13.1. The lowest BCUT2D eigenvalue weighted by Gasteiger charge is -2.29. The molecule has 1 saturated heterocycles. The highest BCUT2D eigenvalue weighted by Gasteiger charge is 2.13. The first-order valence-corrected chi connectivity index (χ1v) is 7.47. The van der Waals surface area contributed by atoms with Gasteiger partial charge in [0, 0.05) is 12.6 Å². The lowest BCUT2D eigenvalue weighted by atomic mass is 10.1. The Kier molecular flexibility index (Phi) is 5.53. The molecule has 98 valence electrons. The molecule has 0 saturated carbocycles. The first-order chi connectivity index (χ1) is 8.34. The number of nitrogens with one attached hydrogen (secondary N) is 1. The van der Waals surface area contributed by atoms with Crippen LogP contribution in [0.1, 0.15) is 45.4 Å². The third-order valence-corrected chi connectivity index (χ3v) is 4.10. The topological polar surface area (TPSA) is 15.3 Å². The second-order valence-electron chi connectivity index (χ2n) is 5.77. The van der Waals surface area contributed by atoms with Crippen LogP contribution in [0.25, 0.3) is 0 Å². The molecule has 0 amide bonds. The molecule has 1 fully saturated rings. The minimum absolute atomic E-state index is 0.651. The smallest absolute Gasteiger partial charge is 0.0166 e. The average Bonchev–Trinajstić information content (AvgIpc) is 2.83. The molecule has 0 aromatic carbocycles. The molecule has 1 heterocycles. The predicted octanol–water partition coefficient (Wildman–Crippen LogP) is 2.81. The molecule has 0 aromatic rings. The minimum Gasteiger partial charge on any atom is -0.313 e. The normalized spacial score (nSPS) is 27.5. The number of allylic oxidation sites excluding steroid dienone is 2. The van der Waals surface area contributed by atoms with Crippen molar-refractivity contribution in [3.63, 3.8) is 0 Å². The Hall–Kier alpha value is -0.340. The third-order valence-electron chi connectivity index (χ3n) is 4.10. The van der Waals surface area contributed by atoms with Crippen molar-refractivity contribution >= 4 is 0 Å². The molecule has 0 radical (unpaired) electrons. The third kappa shape index (κ3) is 4.81. The van der Waals surface area contributed by atoms with Crippen LogP contribution in [-0.4, -0.2) is 37.1 Å². The van der Waals surface area contributed by atoms with Gasteiger partial charge in [-0.3, -0.25) is 0 Å². The molecule has 1 aliphatic carbocycles. The molecule has 2 aliphatic rings. The van der Waals surface area contributed by atoms with Gasteiger partial charge < -0.3 is 10.2 Å². The Morgan fingerprint density at radius 3 is 2.82 bits per heavy atom. The van der Waals surface area contributed by atoms with Gasteiger partial charge in [0.15, 0.2) is 0 Å². The van der Waals surface area contributed by atoms with Crippen molar-refractivity contribution < 1.29 is 0 Å². The summed E-state index contributed by atoms with van der Waals surface area (Å²) in [6.07, 6.45) is 13.0. The van der Waals surface area contributed by atoms with Crippen molar-refractivity contribution in [1.82, 2.24) is 10.2 Å².